The van der Waals surface area contributed by atoms with Gasteiger partial charge in [0.2, 0.25) is 10.0 Å². The molecule has 20 heavy (non-hydrogen) atoms. The quantitative estimate of drug-likeness (QED) is 0.700. The van der Waals surface area contributed by atoms with Crippen molar-refractivity contribution in [2.45, 2.75) is 12.7 Å². The number of hydrogen-bond donors (Lipinski definition) is 2. The number of nitrogens with two attached hydrogens (primary N) is 1. The maximum absolute atomic E-state index is 12.0. The van der Waals surface area contributed by atoms with Gasteiger partial charge in [0.1, 0.15) is 4.99 Å². The molecule has 1 aromatic rings. The van der Waals surface area contributed by atoms with E-state index in [9.17, 15) is 8.42 Å². The van der Waals surface area contributed by atoms with Gasteiger partial charge in [-0.25, -0.2) is 13.1 Å². The molecular formula is C13H20N2O3S2. The molecule has 1 rings (SSSR count). The van der Waals surface area contributed by atoms with Gasteiger partial charge in [-0.1, -0.05) is 43.4 Å². The molecule has 0 radical (unpaired) electrons. The van der Waals surface area contributed by atoms with Gasteiger partial charge in [-0.05, 0) is 11.5 Å². The highest BCUT2D eigenvalue weighted by molar-refractivity contribution is 7.88. The Labute approximate surface area is 125 Å². The molecule has 0 aliphatic heterocycles. The number of nitrogens with one attached hydrogen (secondary N) is 1. The van der Waals surface area contributed by atoms with Crippen molar-refractivity contribution in [2.24, 2.45) is 11.7 Å². The minimum Gasteiger partial charge on any atom is -0.389 e. The van der Waals surface area contributed by atoms with Crippen LogP contribution in [0.2, 0.25) is 0 Å². The van der Waals surface area contributed by atoms with Gasteiger partial charge in [-0.15, -0.1) is 0 Å². The van der Waals surface area contributed by atoms with Crippen LogP contribution in [-0.2, 0) is 20.5 Å². The Morgan fingerprint density at radius 1 is 1.45 bits per heavy atom. The maximum Gasteiger partial charge on any atom is 0.215 e. The highest BCUT2D eigenvalue weighted by Crippen LogP contribution is 2.12. The Morgan fingerprint density at radius 3 is 2.70 bits per heavy atom. The van der Waals surface area contributed by atoms with Crippen LogP contribution in [0.3, 0.4) is 0 Å². The lowest BCUT2D eigenvalue weighted by molar-refractivity contribution is 0.161. The van der Waals surface area contributed by atoms with Gasteiger partial charge in [-0.3, -0.25) is 0 Å². The summed E-state index contributed by atoms with van der Waals surface area (Å²) in [5.41, 5.74) is 6.79. The smallest absolute Gasteiger partial charge is 0.215 e. The van der Waals surface area contributed by atoms with E-state index in [4.69, 9.17) is 22.7 Å². The summed E-state index contributed by atoms with van der Waals surface area (Å²) in [4.78, 5) is 0.198. The molecule has 112 valence electrons. The van der Waals surface area contributed by atoms with Crippen LogP contribution in [0.25, 0.3) is 0 Å². The van der Waals surface area contributed by atoms with Crippen molar-refractivity contribution in [3.63, 3.8) is 0 Å². The summed E-state index contributed by atoms with van der Waals surface area (Å²) in [5.74, 6) is -0.0270. The van der Waals surface area contributed by atoms with E-state index in [0.29, 0.717) is 24.3 Å². The Balaban J connectivity index is 2.74. The standard InChI is InChI=1S/C13H20N2O3S2/c1-10(8-18-2)7-15-20(16,17)9-11-5-3-4-6-12(11)13(14)19/h3-6,10,15H,7-9H2,1-2H3,(H2,14,19). The molecule has 0 saturated carbocycles. The summed E-state index contributed by atoms with van der Waals surface area (Å²) in [7, 11) is -1.84. The molecule has 0 heterocycles. The molecule has 3 N–H and O–H groups in total. The number of rotatable bonds is 8. The van der Waals surface area contributed by atoms with Crippen LogP contribution in [-0.4, -0.2) is 33.7 Å². The number of benzene rings is 1. The molecule has 5 nitrogen and oxygen atoms in total. The van der Waals surface area contributed by atoms with Crippen molar-refractivity contribution in [1.82, 2.24) is 4.72 Å². The molecule has 1 unspecified atom stereocenters. The molecule has 0 fully saturated rings. The van der Waals surface area contributed by atoms with Gasteiger partial charge < -0.3 is 10.5 Å². The Bertz CT molecular complexity index is 558. The number of ether oxygens (including phenoxy) is 1. The highest BCUT2D eigenvalue weighted by Gasteiger charge is 2.16. The van der Waals surface area contributed by atoms with E-state index in [1.165, 1.54) is 0 Å². The molecule has 1 aromatic carbocycles. The van der Waals surface area contributed by atoms with E-state index in [-0.39, 0.29) is 16.7 Å². The van der Waals surface area contributed by atoms with Gasteiger partial charge in [0.15, 0.2) is 0 Å². The summed E-state index contributed by atoms with van der Waals surface area (Å²) in [5, 5.41) is 0. The van der Waals surface area contributed by atoms with E-state index >= 15 is 0 Å². The molecule has 7 heteroatoms. The monoisotopic (exact) mass is 316 g/mol. The first-order valence-corrected chi connectivity index (χ1v) is 8.25. The number of sulfonamides is 1. The van der Waals surface area contributed by atoms with Crippen LogP contribution in [0.1, 0.15) is 18.1 Å². The molecule has 0 aromatic heterocycles. The predicted molar refractivity (Wildman–Crippen MR) is 84.0 cm³/mol. The van der Waals surface area contributed by atoms with Gasteiger partial charge in [-0.2, -0.15) is 0 Å². The summed E-state index contributed by atoms with van der Waals surface area (Å²) >= 11 is 4.93. The van der Waals surface area contributed by atoms with Crippen LogP contribution in [0, 0.1) is 5.92 Å². The van der Waals surface area contributed by atoms with Gasteiger partial charge in [0.05, 0.1) is 5.75 Å². The second-order valence-corrected chi connectivity index (χ2v) is 6.94. The lowest BCUT2D eigenvalue weighted by Crippen LogP contribution is -2.31. The predicted octanol–water partition coefficient (Wildman–Crippen LogP) is 1.02. The second kappa shape index (κ2) is 7.68. The molecular weight excluding hydrogens is 296 g/mol. The molecule has 0 saturated heterocycles. The number of methoxy groups -OCH3 is 1. The van der Waals surface area contributed by atoms with Gasteiger partial charge in [0, 0.05) is 25.8 Å². The van der Waals surface area contributed by atoms with Crippen LogP contribution in [0.5, 0.6) is 0 Å². The zero-order valence-corrected chi connectivity index (χ0v) is 13.3. The topological polar surface area (TPSA) is 81.4 Å². The highest BCUT2D eigenvalue weighted by atomic mass is 32.2. The zero-order chi connectivity index (χ0) is 15.2. The summed E-state index contributed by atoms with van der Waals surface area (Å²) in [6.45, 7) is 2.76. The summed E-state index contributed by atoms with van der Waals surface area (Å²) in [6.07, 6.45) is 0. The van der Waals surface area contributed by atoms with Crippen molar-refractivity contribution < 1.29 is 13.2 Å². The van der Waals surface area contributed by atoms with Crippen molar-refractivity contribution in [1.29, 1.82) is 0 Å². The van der Waals surface area contributed by atoms with Gasteiger partial charge >= 0.3 is 0 Å². The first-order valence-electron chi connectivity index (χ1n) is 6.19. The fourth-order valence-electron chi connectivity index (χ4n) is 1.75. The summed E-state index contributed by atoms with van der Waals surface area (Å²) < 4.78 is 31.6. The van der Waals surface area contributed by atoms with Crippen molar-refractivity contribution in [2.75, 3.05) is 20.3 Å². The van der Waals surface area contributed by atoms with Crippen molar-refractivity contribution >= 4 is 27.2 Å². The van der Waals surface area contributed by atoms with Crippen molar-refractivity contribution in [3.8, 4) is 0 Å². The molecule has 0 spiro atoms. The molecule has 0 aliphatic carbocycles. The third kappa shape index (κ3) is 5.54. The average Bonchev–Trinajstić information content (AvgIpc) is 2.37. The number of thiocarbonyl (C=S) groups is 1. The lowest BCUT2D eigenvalue weighted by atomic mass is 10.1. The van der Waals surface area contributed by atoms with E-state index in [0.717, 1.165) is 0 Å². The molecule has 1 atom stereocenters. The molecule has 0 amide bonds. The SMILES string of the molecule is COCC(C)CNS(=O)(=O)Cc1ccccc1C(N)=S. The first-order chi connectivity index (χ1) is 9.35. The van der Waals surface area contributed by atoms with Crippen LogP contribution >= 0.6 is 12.2 Å². The first kappa shape index (κ1) is 17.0. The van der Waals surface area contributed by atoms with E-state index in [1.54, 1.807) is 31.4 Å². The van der Waals surface area contributed by atoms with E-state index < -0.39 is 10.0 Å². The number of hydrogen-bond acceptors (Lipinski definition) is 4. The van der Waals surface area contributed by atoms with Crippen molar-refractivity contribution in [3.05, 3.63) is 35.4 Å². The normalized spacial score (nSPS) is 13.1. The van der Waals surface area contributed by atoms with E-state index in [2.05, 4.69) is 4.72 Å². The minimum atomic E-state index is -3.42. The fourth-order valence-corrected chi connectivity index (χ4v) is 3.26. The van der Waals surface area contributed by atoms with Gasteiger partial charge in [0.25, 0.3) is 0 Å². The Hall–Kier alpha value is -1.02. The molecule has 0 aliphatic rings. The minimum absolute atomic E-state index is 0.112. The Kier molecular flexibility index (Phi) is 6.54. The lowest BCUT2D eigenvalue weighted by Gasteiger charge is -2.13. The third-order valence-electron chi connectivity index (χ3n) is 2.73. The fraction of sp³-hybridized carbons (Fsp3) is 0.462. The largest absolute Gasteiger partial charge is 0.389 e. The zero-order valence-electron chi connectivity index (χ0n) is 11.6. The second-order valence-electron chi connectivity index (χ2n) is 4.69. The van der Waals surface area contributed by atoms with Crippen LogP contribution in [0.4, 0.5) is 0 Å². The van der Waals surface area contributed by atoms with Crippen LogP contribution < -0.4 is 10.5 Å². The summed E-state index contributed by atoms with van der Waals surface area (Å²) in [6, 6.07) is 6.98. The molecule has 0 bridgehead atoms. The third-order valence-corrected chi connectivity index (χ3v) is 4.25. The average molecular weight is 316 g/mol. The maximum atomic E-state index is 12.0. The Morgan fingerprint density at radius 2 is 2.10 bits per heavy atom. The van der Waals surface area contributed by atoms with Crippen LogP contribution in [0.15, 0.2) is 24.3 Å². The van der Waals surface area contributed by atoms with E-state index in [1.807, 2.05) is 6.92 Å².